The first-order valence-corrected chi connectivity index (χ1v) is 15.1. The van der Waals surface area contributed by atoms with Crippen LogP contribution >= 0.6 is 0 Å². The monoisotopic (exact) mass is 562 g/mol. The molecule has 1 atom stereocenters. The van der Waals surface area contributed by atoms with E-state index in [1.54, 1.807) is 0 Å². The zero-order chi connectivity index (χ0) is 29.0. The number of pyridine rings is 1. The largest absolute Gasteiger partial charge is 0.475 e. The van der Waals surface area contributed by atoms with Gasteiger partial charge in [0.05, 0.1) is 17.9 Å². The second-order valence-corrected chi connectivity index (χ2v) is 12.6. The third-order valence-corrected chi connectivity index (χ3v) is 9.83. The molecule has 4 aliphatic rings. The van der Waals surface area contributed by atoms with Crippen LogP contribution in [-0.2, 0) is 17.8 Å². The molecule has 5 heterocycles. The van der Waals surface area contributed by atoms with Crippen molar-refractivity contribution in [3.8, 4) is 11.9 Å². The molecule has 2 aromatic carbocycles. The Bertz CT molecular complexity index is 1610. The molecule has 1 amide bonds. The van der Waals surface area contributed by atoms with Gasteiger partial charge in [0, 0.05) is 60.8 Å². The van der Waals surface area contributed by atoms with Crippen LogP contribution in [0.1, 0.15) is 35.2 Å². The van der Waals surface area contributed by atoms with Crippen LogP contribution in [-0.4, -0.2) is 79.7 Å². The van der Waals surface area contributed by atoms with Gasteiger partial charge in [-0.05, 0) is 62.9 Å². The third-order valence-electron chi connectivity index (χ3n) is 9.83. The molecular weight excluding hydrogens is 524 g/mol. The zero-order valence-corrected chi connectivity index (χ0v) is 24.6. The molecule has 216 valence electrons. The Morgan fingerprint density at radius 3 is 2.67 bits per heavy atom. The summed E-state index contributed by atoms with van der Waals surface area (Å²) >= 11 is 0. The molecule has 0 saturated carbocycles. The molecule has 42 heavy (non-hydrogen) atoms. The number of aryl methyl sites for hydroxylation is 1. The highest BCUT2D eigenvalue weighted by Crippen LogP contribution is 2.47. The molecule has 1 aromatic heterocycles. The van der Waals surface area contributed by atoms with E-state index in [4.69, 9.17) is 9.72 Å². The van der Waals surface area contributed by atoms with Crippen LogP contribution < -0.4 is 14.5 Å². The smallest absolute Gasteiger partial charge is 0.245 e. The van der Waals surface area contributed by atoms with Gasteiger partial charge in [0.1, 0.15) is 18.2 Å². The predicted octanol–water partition coefficient (Wildman–Crippen LogP) is 4.29. The minimum Gasteiger partial charge on any atom is -0.475 e. The Hall–Kier alpha value is -4.09. The number of ether oxygens (including phenoxy) is 1. The predicted molar refractivity (Wildman–Crippen MR) is 165 cm³/mol. The molecule has 8 nitrogen and oxygen atoms in total. The van der Waals surface area contributed by atoms with E-state index < -0.39 is 0 Å². The summed E-state index contributed by atoms with van der Waals surface area (Å²) in [7, 11) is 2.14. The second kappa shape index (κ2) is 10.3. The van der Waals surface area contributed by atoms with Crippen molar-refractivity contribution in [1.29, 1.82) is 5.26 Å². The molecule has 3 saturated heterocycles. The number of nitrogens with zero attached hydrogens (tertiary/aromatic N) is 6. The number of benzene rings is 2. The van der Waals surface area contributed by atoms with Gasteiger partial charge in [-0.2, -0.15) is 5.26 Å². The van der Waals surface area contributed by atoms with Crippen LogP contribution in [0.3, 0.4) is 0 Å². The van der Waals surface area contributed by atoms with Crippen molar-refractivity contribution < 1.29 is 9.53 Å². The fourth-order valence-corrected chi connectivity index (χ4v) is 7.60. The molecule has 0 bridgehead atoms. The zero-order valence-electron chi connectivity index (χ0n) is 24.6. The van der Waals surface area contributed by atoms with Gasteiger partial charge in [-0.15, -0.1) is 0 Å². The van der Waals surface area contributed by atoms with E-state index in [-0.39, 0.29) is 11.3 Å². The topological polar surface area (TPSA) is 75.9 Å². The van der Waals surface area contributed by atoms with Gasteiger partial charge in [-0.25, -0.2) is 4.98 Å². The Morgan fingerprint density at radius 2 is 1.95 bits per heavy atom. The number of fused-ring (bicyclic) bond motifs is 2. The number of carbonyl (C=O) groups excluding carboxylic acids is 1. The van der Waals surface area contributed by atoms with Crippen molar-refractivity contribution in [1.82, 2.24) is 14.8 Å². The normalized spacial score (nSPS) is 21.1. The van der Waals surface area contributed by atoms with Crippen LogP contribution in [0.2, 0.25) is 0 Å². The number of aromatic nitrogens is 1. The first-order valence-electron chi connectivity index (χ1n) is 15.1. The number of anilines is 2. The van der Waals surface area contributed by atoms with Gasteiger partial charge in [0.25, 0.3) is 0 Å². The van der Waals surface area contributed by atoms with Crippen molar-refractivity contribution >= 4 is 28.1 Å². The van der Waals surface area contributed by atoms with Crippen molar-refractivity contribution in [2.45, 2.75) is 38.8 Å². The lowest BCUT2D eigenvalue weighted by atomic mass is 9.72. The number of nitriles is 1. The highest BCUT2D eigenvalue weighted by molar-refractivity contribution is 5.97. The maximum absolute atomic E-state index is 12.1. The Kier molecular flexibility index (Phi) is 6.58. The van der Waals surface area contributed by atoms with Crippen molar-refractivity contribution in [2.75, 3.05) is 62.7 Å². The Labute approximate surface area is 247 Å². The first-order chi connectivity index (χ1) is 20.4. The molecule has 4 aliphatic heterocycles. The van der Waals surface area contributed by atoms with Gasteiger partial charge in [-0.1, -0.05) is 36.9 Å². The van der Waals surface area contributed by atoms with Crippen LogP contribution in [0.4, 0.5) is 11.4 Å². The first kappa shape index (κ1) is 26.8. The van der Waals surface area contributed by atoms with Crippen LogP contribution in [0.5, 0.6) is 5.88 Å². The van der Waals surface area contributed by atoms with Crippen LogP contribution in [0.25, 0.3) is 10.8 Å². The maximum Gasteiger partial charge on any atom is 0.245 e. The average molecular weight is 563 g/mol. The van der Waals surface area contributed by atoms with E-state index in [2.05, 4.69) is 77.7 Å². The van der Waals surface area contributed by atoms with Crippen LogP contribution in [0.15, 0.2) is 49.1 Å². The average Bonchev–Trinajstić information content (AvgIpc) is 3.37. The quantitative estimate of drug-likeness (QED) is 0.415. The number of hydrogen-bond donors (Lipinski definition) is 0. The lowest BCUT2D eigenvalue weighted by Gasteiger charge is -2.61. The number of likely N-dealkylation sites (N-methyl/N-ethyl adjacent to an activating group) is 1. The molecule has 7 rings (SSSR count). The molecule has 0 aliphatic carbocycles. The lowest BCUT2D eigenvalue weighted by Crippen LogP contribution is -2.73. The summed E-state index contributed by atoms with van der Waals surface area (Å²) in [5.41, 5.74) is 6.29. The minimum absolute atomic E-state index is 0.00518. The molecule has 3 aromatic rings. The molecule has 0 unspecified atom stereocenters. The van der Waals surface area contributed by atoms with Gasteiger partial charge >= 0.3 is 0 Å². The van der Waals surface area contributed by atoms with E-state index in [0.29, 0.717) is 30.6 Å². The summed E-state index contributed by atoms with van der Waals surface area (Å²) in [6.07, 6.45) is 4.47. The van der Waals surface area contributed by atoms with Gasteiger partial charge < -0.3 is 24.3 Å². The SMILES string of the molecule is C=CC(=O)N1CC2(C1)CN(c1c(C#N)c(OC[C@@H]3CCCN3C)nc3c1CCN(c1cccc4cccc(C)c14)C3)C2. The van der Waals surface area contributed by atoms with E-state index in [0.717, 1.165) is 63.5 Å². The molecule has 3 fully saturated rings. The van der Waals surface area contributed by atoms with E-state index in [1.165, 1.54) is 40.1 Å². The Balaban J connectivity index is 1.23. The molecule has 0 N–H and O–H groups in total. The van der Waals surface area contributed by atoms with E-state index >= 15 is 0 Å². The standard InChI is InChI=1S/C34H38N6O2/c1-4-30(41)39-19-34(20-39)21-40(22-34)32-26-13-15-38(29-12-6-10-24-9-5-8-23(2)31(24)29)17-28(26)36-33(27(32)16-35)42-18-25-11-7-14-37(25)3/h4-6,8-10,12,25H,1,7,11,13-15,17-22H2,2-3H3/t25-/m0/s1. The van der Waals surface area contributed by atoms with Gasteiger partial charge in [0.2, 0.25) is 11.8 Å². The molecule has 8 heteroatoms. The van der Waals surface area contributed by atoms with Gasteiger partial charge in [0.15, 0.2) is 0 Å². The second-order valence-electron chi connectivity index (χ2n) is 12.6. The summed E-state index contributed by atoms with van der Waals surface area (Å²) in [6, 6.07) is 15.8. The number of rotatable bonds is 6. The minimum atomic E-state index is -0.00518. The highest BCUT2D eigenvalue weighted by atomic mass is 16.5. The molecule has 1 spiro atoms. The van der Waals surface area contributed by atoms with Crippen molar-refractivity contribution in [2.24, 2.45) is 5.41 Å². The number of hydrogen-bond acceptors (Lipinski definition) is 7. The summed E-state index contributed by atoms with van der Waals surface area (Å²) in [5, 5.41) is 13.0. The molecule has 0 radical (unpaired) electrons. The van der Waals surface area contributed by atoms with Crippen molar-refractivity contribution in [3.05, 3.63) is 71.4 Å². The summed E-state index contributed by atoms with van der Waals surface area (Å²) in [6.45, 7) is 12.1. The maximum atomic E-state index is 12.1. The molecular formula is C34H38N6O2. The van der Waals surface area contributed by atoms with E-state index in [1.807, 2.05) is 4.90 Å². The summed E-state index contributed by atoms with van der Waals surface area (Å²) in [4.78, 5) is 26.1. The third kappa shape index (κ3) is 4.38. The lowest BCUT2D eigenvalue weighted by molar-refractivity contribution is -0.139. The van der Waals surface area contributed by atoms with Crippen molar-refractivity contribution in [3.63, 3.8) is 0 Å². The summed E-state index contributed by atoms with van der Waals surface area (Å²) < 4.78 is 6.41. The number of likely N-dealkylation sites (tertiary alicyclic amines) is 2. The summed E-state index contributed by atoms with van der Waals surface area (Å²) in [5.74, 6) is 0.454. The fourth-order valence-electron chi connectivity index (χ4n) is 7.60. The number of carbonyl (C=O) groups is 1. The van der Waals surface area contributed by atoms with Gasteiger partial charge in [-0.3, -0.25) is 4.79 Å². The highest BCUT2D eigenvalue weighted by Gasteiger charge is 2.54. The van der Waals surface area contributed by atoms with Crippen LogP contribution in [0, 0.1) is 23.7 Å². The fraction of sp³-hybridized carbons (Fsp3) is 0.441. The number of amides is 1. The van der Waals surface area contributed by atoms with E-state index in [9.17, 15) is 10.1 Å². The Morgan fingerprint density at radius 1 is 1.17 bits per heavy atom.